The summed E-state index contributed by atoms with van der Waals surface area (Å²) in [7, 11) is -3.30. The van der Waals surface area contributed by atoms with Gasteiger partial charge in [-0.05, 0) is 31.9 Å². The molecule has 1 fully saturated rings. The highest BCUT2D eigenvalue weighted by molar-refractivity contribution is 7.89. The number of aliphatic hydroxyl groups excluding tert-OH is 1. The van der Waals surface area contributed by atoms with E-state index >= 15 is 0 Å². The van der Waals surface area contributed by atoms with Crippen molar-refractivity contribution in [2.24, 2.45) is 0 Å². The summed E-state index contributed by atoms with van der Waals surface area (Å²) >= 11 is 0. The lowest BCUT2D eigenvalue weighted by Crippen LogP contribution is -2.46. The molecule has 0 radical (unpaired) electrons. The number of benzene rings is 2. The highest BCUT2D eigenvalue weighted by Crippen LogP contribution is 2.29. The van der Waals surface area contributed by atoms with Crippen molar-refractivity contribution in [3.63, 3.8) is 0 Å². The molecule has 2 atom stereocenters. The molecule has 1 aliphatic rings. The minimum absolute atomic E-state index is 0.146. The molecule has 1 saturated heterocycles. The van der Waals surface area contributed by atoms with Crippen LogP contribution < -0.4 is 0 Å². The highest BCUT2D eigenvalue weighted by Gasteiger charge is 2.33. The van der Waals surface area contributed by atoms with Gasteiger partial charge >= 0.3 is 0 Å². The maximum absolute atomic E-state index is 12.5. The first-order valence-electron chi connectivity index (χ1n) is 9.11. The molecule has 2 heterocycles. The van der Waals surface area contributed by atoms with Crippen LogP contribution in [0, 0.1) is 0 Å². The van der Waals surface area contributed by atoms with Gasteiger partial charge in [0.1, 0.15) is 0 Å². The third kappa shape index (κ3) is 2.92. The van der Waals surface area contributed by atoms with E-state index in [4.69, 9.17) is 0 Å². The van der Waals surface area contributed by atoms with Gasteiger partial charge in [-0.2, -0.15) is 4.31 Å². The Morgan fingerprint density at radius 3 is 2.23 bits per heavy atom. The van der Waals surface area contributed by atoms with Gasteiger partial charge < -0.3 is 9.67 Å². The predicted molar refractivity (Wildman–Crippen MR) is 105 cm³/mol. The lowest BCUT2D eigenvalue weighted by Gasteiger charge is -2.32. The van der Waals surface area contributed by atoms with Crippen LogP contribution in [0.15, 0.2) is 48.5 Å². The molecule has 0 bridgehead atoms. The average molecular weight is 372 g/mol. The Labute approximate surface area is 153 Å². The smallest absolute Gasteiger partial charge is 0.216 e. The predicted octanol–water partition coefficient (Wildman–Crippen LogP) is 2.97. The third-order valence-electron chi connectivity index (χ3n) is 5.37. The standard InChI is InChI=1S/C20H24N2O3S/c1-15-7-6-12-21(26(15,24)25)13-16(23)14-22-19-10-4-2-8-17(19)18-9-3-5-11-20(18)22/h2-5,8-11,15-16,23H,6-7,12-14H2,1H3. The summed E-state index contributed by atoms with van der Waals surface area (Å²) < 4.78 is 28.5. The molecule has 5 nitrogen and oxygen atoms in total. The van der Waals surface area contributed by atoms with Gasteiger partial charge in [-0.1, -0.05) is 36.4 Å². The van der Waals surface area contributed by atoms with Crippen molar-refractivity contribution in [2.45, 2.75) is 37.7 Å². The lowest BCUT2D eigenvalue weighted by atomic mass is 10.2. The summed E-state index contributed by atoms with van der Waals surface area (Å²) in [4.78, 5) is 0. The van der Waals surface area contributed by atoms with Gasteiger partial charge in [0.25, 0.3) is 0 Å². The van der Waals surface area contributed by atoms with E-state index < -0.39 is 16.1 Å². The van der Waals surface area contributed by atoms with Gasteiger partial charge in [-0.15, -0.1) is 0 Å². The molecule has 3 aromatic rings. The number of fused-ring (bicyclic) bond motifs is 3. The second-order valence-electron chi connectivity index (χ2n) is 7.15. The second-order valence-corrected chi connectivity index (χ2v) is 9.51. The molecular formula is C20H24N2O3S. The summed E-state index contributed by atoms with van der Waals surface area (Å²) in [5.74, 6) is 0. The monoisotopic (exact) mass is 372 g/mol. The van der Waals surface area contributed by atoms with Crippen LogP contribution in [0.25, 0.3) is 21.8 Å². The largest absolute Gasteiger partial charge is 0.390 e. The number of hydrogen-bond acceptors (Lipinski definition) is 3. The molecule has 2 aromatic carbocycles. The number of hydrogen-bond donors (Lipinski definition) is 1. The molecule has 4 rings (SSSR count). The molecule has 1 N–H and O–H groups in total. The number of aromatic nitrogens is 1. The molecule has 2 unspecified atom stereocenters. The fourth-order valence-electron chi connectivity index (χ4n) is 3.98. The number of sulfonamides is 1. The van der Waals surface area contributed by atoms with E-state index in [2.05, 4.69) is 16.7 Å². The van der Waals surface area contributed by atoms with E-state index in [1.54, 1.807) is 6.92 Å². The minimum Gasteiger partial charge on any atom is -0.390 e. The van der Waals surface area contributed by atoms with Crippen LogP contribution in [0.1, 0.15) is 19.8 Å². The SMILES string of the molecule is CC1CCCN(CC(O)Cn2c3ccccc3c3ccccc32)S1(=O)=O. The quantitative estimate of drug-likeness (QED) is 0.766. The van der Waals surface area contributed by atoms with Gasteiger partial charge in [0.15, 0.2) is 0 Å². The maximum atomic E-state index is 12.5. The molecule has 6 heteroatoms. The first-order chi connectivity index (χ1) is 12.5. The highest BCUT2D eigenvalue weighted by atomic mass is 32.2. The Kier molecular flexibility index (Phi) is 4.50. The Morgan fingerprint density at radius 2 is 1.62 bits per heavy atom. The van der Waals surface area contributed by atoms with Crippen molar-refractivity contribution in [1.29, 1.82) is 0 Å². The van der Waals surface area contributed by atoms with Crippen LogP contribution in [0.3, 0.4) is 0 Å². The van der Waals surface area contributed by atoms with Crippen molar-refractivity contribution in [2.75, 3.05) is 13.1 Å². The topological polar surface area (TPSA) is 62.5 Å². The van der Waals surface area contributed by atoms with Crippen molar-refractivity contribution in [1.82, 2.24) is 8.87 Å². The fourth-order valence-corrected chi connectivity index (χ4v) is 5.72. The molecule has 1 aromatic heterocycles. The van der Waals surface area contributed by atoms with Gasteiger partial charge in [-0.3, -0.25) is 0 Å². The Hall–Kier alpha value is -1.89. The second kappa shape index (κ2) is 6.68. The van der Waals surface area contributed by atoms with Gasteiger partial charge in [0, 0.05) is 34.9 Å². The summed E-state index contributed by atoms with van der Waals surface area (Å²) in [5, 5.41) is 12.6. The molecule has 0 spiro atoms. The van der Waals surface area contributed by atoms with E-state index in [0.717, 1.165) is 28.2 Å². The fraction of sp³-hybridized carbons (Fsp3) is 0.400. The summed E-state index contributed by atoms with van der Waals surface area (Å²) in [6.45, 7) is 2.76. The van der Waals surface area contributed by atoms with E-state index in [9.17, 15) is 13.5 Å². The lowest BCUT2D eigenvalue weighted by molar-refractivity contribution is 0.127. The average Bonchev–Trinajstić information content (AvgIpc) is 2.94. The van der Waals surface area contributed by atoms with Crippen LogP contribution in [0.4, 0.5) is 0 Å². The molecular weight excluding hydrogens is 348 g/mol. The summed E-state index contributed by atoms with van der Waals surface area (Å²) in [6.07, 6.45) is 0.791. The third-order valence-corrected chi connectivity index (χ3v) is 7.68. The van der Waals surface area contributed by atoms with Crippen LogP contribution in [0.5, 0.6) is 0 Å². The van der Waals surface area contributed by atoms with Crippen LogP contribution in [-0.4, -0.2) is 46.8 Å². The van der Waals surface area contributed by atoms with Crippen molar-refractivity contribution >= 4 is 31.8 Å². The minimum atomic E-state index is -3.30. The number of aliphatic hydroxyl groups is 1. The van der Waals surface area contributed by atoms with E-state index in [1.807, 2.05) is 36.4 Å². The van der Waals surface area contributed by atoms with E-state index in [0.29, 0.717) is 19.5 Å². The van der Waals surface area contributed by atoms with E-state index in [-0.39, 0.29) is 11.8 Å². The first kappa shape index (κ1) is 17.5. The molecule has 0 aliphatic carbocycles. The number of nitrogens with zero attached hydrogens (tertiary/aromatic N) is 2. The molecule has 0 saturated carbocycles. The van der Waals surface area contributed by atoms with Crippen LogP contribution in [-0.2, 0) is 16.6 Å². The number of β-amino-alcohol motifs (C(OH)–C–C–N with tert-alkyl or cyclic N) is 1. The molecule has 138 valence electrons. The van der Waals surface area contributed by atoms with E-state index in [1.165, 1.54) is 4.31 Å². The Morgan fingerprint density at radius 1 is 1.04 bits per heavy atom. The first-order valence-corrected chi connectivity index (χ1v) is 10.6. The Balaban J connectivity index is 1.64. The molecule has 26 heavy (non-hydrogen) atoms. The summed E-state index contributed by atoms with van der Waals surface area (Å²) in [6, 6.07) is 16.2. The van der Waals surface area contributed by atoms with Crippen molar-refractivity contribution in [3.8, 4) is 0 Å². The van der Waals surface area contributed by atoms with Gasteiger partial charge in [0.2, 0.25) is 10.0 Å². The Bertz CT molecular complexity index is 988. The zero-order valence-electron chi connectivity index (χ0n) is 14.9. The normalized spacial score (nSPS) is 22.0. The zero-order valence-corrected chi connectivity index (χ0v) is 15.7. The van der Waals surface area contributed by atoms with Crippen LogP contribution >= 0.6 is 0 Å². The summed E-state index contributed by atoms with van der Waals surface area (Å²) in [5.41, 5.74) is 2.12. The molecule has 1 aliphatic heterocycles. The number of para-hydroxylation sites is 2. The van der Waals surface area contributed by atoms with Gasteiger partial charge in [-0.25, -0.2) is 8.42 Å². The number of rotatable bonds is 4. The zero-order chi connectivity index (χ0) is 18.3. The van der Waals surface area contributed by atoms with Crippen molar-refractivity contribution in [3.05, 3.63) is 48.5 Å². The maximum Gasteiger partial charge on any atom is 0.216 e. The van der Waals surface area contributed by atoms with Crippen LogP contribution in [0.2, 0.25) is 0 Å². The van der Waals surface area contributed by atoms with Crippen molar-refractivity contribution < 1.29 is 13.5 Å². The molecule has 0 amide bonds. The van der Waals surface area contributed by atoms with Gasteiger partial charge in [0.05, 0.1) is 17.9 Å².